The number of ether oxygens (including phenoxy) is 4. The second kappa shape index (κ2) is 15.3. The summed E-state index contributed by atoms with van der Waals surface area (Å²) in [5.74, 6) is 1.71. The molecule has 304 valence electrons. The molecule has 0 N–H and O–H groups in total. The molecule has 10 nitrogen and oxygen atoms in total. The van der Waals surface area contributed by atoms with Gasteiger partial charge in [0.25, 0.3) is 10.0 Å². The highest BCUT2D eigenvalue weighted by Crippen LogP contribution is 2.48. The molecule has 11 heteroatoms. The Bertz CT molecular complexity index is 2760. The molecule has 1 fully saturated rings. The summed E-state index contributed by atoms with van der Waals surface area (Å²) in [4.78, 5) is 15.7. The van der Waals surface area contributed by atoms with E-state index >= 15 is 8.42 Å². The van der Waals surface area contributed by atoms with Crippen molar-refractivity contribution in [1.82, 2.24) is 8.87 Å². The molecule has 0 saturated carbocycles. The molecular formula is C48H48N2O8S. The maximum atomic E-state index is 15.3. The number of carbonyl (C=O) groups excluding carboxylic acids is 1. The molecule has 0 aliphatic carbocycles. The topological polar surface area (TPSA) is 109 Å². The molecule has 59 heavy (non-hydrogen) atoms. The Kier molecular flexibility index (Phi) is 10.3. The molecule has 7 aromatic rings. The van der Waals surface area contributed by atoms with Crippen LogP contribution in [0.25, 0.3) is 44.5 Å². The van der Waals surface area contributed by atoms with E-state index in [1.807, 2.05) is 133 Å². The second-order valence-electron chi connectivity index (χ2n) is 16.4. The molecule has 2 aromatic heterocycles. The van der Waals surface area contributed by atoms with Crippen molar-refractivity contribution >= 4 is 38.0 Å². The van der Waals surface area contributed by atoms with Gasteiger partial charge in [-0.2, -0.15) is 0 Å². The number of rotatable bonds is 10. The van der Waals surface area contributed by atoms with E-state index in [4.69, 9.17) is 23.4 Å². The van der Waals surface area contributed by atoms with E-state index in [1.54, 1.807) is 42.3 Å². The van der Waals surface area contributed by atoms with Crippen molar-refractivity contribution in [2.24, 2.45) is 0 Å². The van der Waals surface area contributed by atoms with Gasteiger partial charge in [-0.25, -0.2) is 17.2 Å². The molecule has 1 unspecified atom stereocenters. The van der Waals surface area contributed by atoms with Gasteiger partial charge in [-0.05, 0) is 114 Å². The Hall–Kier alpha value is -6.04. The lowest BCUT2D eigenvalue weighted by Crippen LogP contribution is -2.50. The van der Waals surface area contributed by atoms with Crippen LogP contribution in [0.1, 0.15) is 51.3 Å². The Labute approximate surface area is 344 Å². The number of hydrogen-bond donors (Lipinski definition) is 0. The smallest absolute Gasteiger partial charge is 0.412 e. The Morgan fingerprint density at radius 3 is 2.22 bits per heavy atom. The first-order valence-electron chi connectivity index (χ1n) is 19.6. The lowest BCUT2D eigenvalue weighted by molar-refractivity contribution is -0.0624. The fourth-order valence-electron chi connectivity index (χ4n) is 7.84. The molecule has 5 aromatic carbocycles. The van der Waals surface area contributed by atoms with Crippen LogP contribution in [0.15, 0.2) is 131 Å². The van der Waals surface area contributed by atoms with E-state index < -0.39 is 33.5 Å². The van der Waals surface area contributed by atoms with Crippen LogP contribution < -0.4 is 9.47 Å². The highest BCUT2D eigenvalue weighted by atomic mass is 32.2. The summed E-state index contributed by atoms with van der Waals surface area (Å²) < 4.78 is 62.7. The lowest BCUT2D eigenvalue weighted by Gasteiger charge is -2.35. The predicted molar refractivity (Wildman–Crippen MR) is 229 cm³/mol. The van der Waals surface area contributed by atoms with Gasteiger partial charge in [0.1, 0.15) is 40.8 Å². The summed E-state index contributed by atoms with van der Waals surface area (Å²) >= 11 is 0. The fraction of sp³-hybridized carbons (Fsp3) is 0.271. The highest BCUT2D eigenvalue weighted by molar-refractivity contribution is 7.90. The summed E-state index contributed by atoms with van der Waals surface area (Å²) in [5, 5.41) is 1.40. The fourth-order valence-corrected chi connectivity index (χ4v) is 9.39. The monoisotopic (exact) mass is 812 g/mol. The van der Waals surface area contributed by atoms with Crippen molar-refractivity contribution in [3.8, 4) is 34.1 Å². The number of methoxy groups -OCH3 is 1. The third-order valence-electron chi connectivity index (χ3n) is 10.6. The molecule has 3 heterocycles. The highest BCUT2D eigenvalue weighted by Gasteiger charge is 2.46. The first-order valence-corrected chi connectivity index (χ1v) is 21.1. The number of benzene rings is 5. The zero-order valence-electron chi connectivity index (χ0n) is 34.3. The molecule has 1 saturated heterocycles. The first-order chi connectivity index (χ1) is 28.1. The minimum absolute atomic E-state index is 0.133. The summed E-state index contributed by atoms with van der Waals surface area (Å²) in [6, 6.07) is 36.9. The average Bonchev–Trinajstić information content (AvgIpc) is 3.85. The maximum absolute atomic E-state index is 15.3. The van der Waals surface area contributed by atoms with Crippen LogP contribution in [0.5, 0.6) is 11.5 Å². The lowest BCUT2D eigenvalue weighted by atomic mass is 9.95. The Balaban J connectivity index is 1.37. The van der Waals surface area contributed by atoms with Gasteiger partial charge in [0, 0.05) is 22.4 Å². The summed E-state index contributed by atoms with van der Waals surface area (Å²) in [6.07, 6.45) is -0.276. The Morgan fingerprint density at radius 2 is 1.53 bits per heavy atom. The molecule has 1 amide bonds. The van der Waals surface area contributed by atoms with Crippen molar-refractivity contribution in [2.75, 3.05) is 13.7 Å². The van der Waals surface area contributed by atoms with Crippen molar-refractivity contribution in [3.63, 3.8) is 0 Å². The van der Waals surface area contributed by atoms with Crippen molar-refractivity contribution in [1.29, 1.82) is 0 Å². The van der Waals surface area contributed by atoms with E-state index in [-0.39, 0.29) is 17.9 Å². The SMILES string of the molecule is COc1ccc2c(-c3c(CC4COC(C)(C)N4C(=O)OC(C)(C)C)c4ccccc4n3S(=O)(=O)c3ccc(C)cc3)c(-c3ccc(OCc4ccccc4)cc3)oc2c1. The van der Waals surface area contributed by atoms with Crippen LogP contribution in [0.3, 0.4) is 0 Å². The zero-order chi connectivity index (χ0) is 41.7. The van der Waals surface area contributed by atoms with E-state index in [0.717, 1.165) is 11.1 Å². The van der Waals surface area contributed by atoms with Gasteiger partial charge in [-0.1, -0.05) is 66.2 Å². The number of para-hydroxylation sites is 1. The van der Waals surface area contributed by atoms with Gasteiger partial charge >= 0.3 is 6.09 Å². The standard InChI is InChI=1S/C48H48N2O8S/c1-31-17-24-37(25-18-31)59(52,53)50-41-16-12-11-15-38(41)40(27-34-30-56-48(5,6)49(34)46(51)58-47(2,3)4)44(50)43-39-26-23-36(54-7)28-42(39)57-45(43)33-19-21-35(22-20-33)55-29-32-13-9-8-10-14-32/h8-26,28,34H,27,29-30H2,1-7H3. The molecule has 8 rings (SSSR count). The molecular weight excluding hydrogens is 765 g/mol. The quantitative estimate of drug-likeness (QED) is 0.134. The van der Waals surface area contributed by atoms with Gasteiger partial charge in [0.2, 0.25) is 0 Å². The van der Waals surface area contributed by atoms with E-state index in [2.05, 4.69) is 0 Å². The molecule has 0 spiro atoms. The number of furan rings is 1. The number of carbonyl (C=O) groups is 1. The van der Waals surface area contributed by atoms with Gasteiger partial charge in [0.05, 0.1) is 41.4 Å². The molecule has 1 aliphatic rings. The van der Waals surface area contributed by atoms with Gasteiger partial charge in [-0.3, -0.25) is 4.90 Å². The van der Waals surface area contributed by atoms with Gasteiger partial charge in [0.15, 0.2) is 0 Å². The largest absolute Gasteiger partial charge is 0.497 e. The third kappa shape index (κ3) is 7.68. The molecule has 1 atom stereocenters. The van der Waals surface area contributed by atoms with Crippen molar-refractivity contribution in [3.05, 3.63) is 138 Å². The number of aryl methyl sites for hydroxylation is 1. The van der Waals surface area contributed by atoms with Crippen LogP contribution >= 0.6 is 0 Å². The van der Waals surface area contributed by atoms with Crippen molar-refractivity contribution in [2.45, 2.75) is 76.8 Å². The van der Waals surface area contributed by atoms with Crippen molar-refractivity contribution < 1.29 is 36.6 Å². The molecule has 1 aliphatic heterocycles. The number of hydrogen-bond acceptors (Lipinski definition) is 8. The van der Waals surface area contributed by atoms with Gasteiger partial charge in [-0.15, -0.1) is 0 Å². The minimum Gasteiger partial charge on any atom is -0.497 e. The number of amides is 1. The maximum Gasteiger partial charge on any atom is 0.412 e. The summed E-state index contributed by atoms with van der Waals surface area (Å²) in [7, 11) is -2.67. The first kappa shape index (κ1) is 39.8. The van der Waals surface area contributed by atoms with E-state index in [9.17, 15) is 4.79 Å². The summed E-state index contributed by atoms with van der Waals surface area (Å²) in [6.45, 7) is 11.7. The second-order valence-corrected chi connectivity index (χ2v) is 18.1. The Morgan fingerprint density at radius 1 is 0.847 bits per heavy atom. The zero-order valence-corrected chi connectivity index (χ0v) is 35.1. The van der Waals surface area contributed by atoms with Crippen LogP contribution in [0.4, 0.5) is 4.79 Å². The van der Waals surface area contributed by atoms with Gasteiger partial charge < -0.3 is 23.4 Å². The van der Waals surface area contributed by atoms with Crippen LogP contribution in [-0.2, 0) is 32.5 Å². The normalized spacial score (nSPS) is 15.5. The number of fused-ring (bicyclic) bond motifs is 2. The van der Waals surface area contributed by atoms with E-state index in [0.29, 0.717) is 68.1 Å². The molecule has 0 bridgehead atoms. The predicted octanol–water partition coefficient (Wildman–Crippen LogP) is 10.8. The molecule has 0 radical (unpaired) electrons. The average molecular weight is 813 g/mol. The van der Waals surface area contributed by atoms with Crippen LogP contribution in [0, 0.1) is 6.92 Å². The summed E-state index contributed by atoms with van der Waals surface area (Å²) in [5.41, 5.74) is 3.63. The van der Waals surface area contributed by atoms with Crippen LogP contribution in [0.2, 0.25) is 0 Å². The van der Waals surface area contributed by atoms with Crippen LogP contribution in [-0.4, -0.2) is 54.5 Å². The minimum atomic E-state index is -4.26. The van der Waals surface area contributed by atoms with E-state index in [1.165, 1.54) is 3.97 Å². The number of aromatic nitrogens is 1. The number of nitrogens with zero attached hydrogens (tertiary/aromatic N) is 2. The third-order valence-corrected chi connectivity index (χ3v) is 12.3.